The van der Waals surface area contributed by atoms with Gasteiger partial charge >= 0.3 is 0 Å². The number of rotatable bonds is 5. The van der Waals surface area contributed by atoms with Crippen LogP contribution in [0.2, 0.25) is 0 Å². The molecule has 1 amide bonds. The Hall–Kier alpha value is -2.66. The first-order valence-corrected chi connectivity index (χ1v) is 10.1. The molecule has 4 rings (SSSR count). The smallest absolute Gasteiger partial charge is 0.258 e. The molecule has 1 heterocycles. The van der Waals surface area contributed by atoms with Gasteiger partial charge in [0, 0.05) is 16.6 Å². The van der Waals surface area contributed by atoms with Crippen molar-refractivity contribution in [3.05, 3.63) is 70.7 Å². The normalized spacial score (nSPS) is 15.8. The van der Waals surface area contributed by atoms with E-state index in [2.05, 4.69) is 28.5 Å². The van der Waals surface area contributed by atoms with Crippen LogP contribution in [0.25, 0.3) is 10.6 Å². The maximum Gasteiger partial charge on any atom is 0.258 e. The molecule has 0 unspecified atom stereocenters. The van der Waals surface area contributed by atoms with Crippen molar-refractivity contribution < 1.29 is 9.53 Å². The minimum absolute atomic E-state index is 0.0222. The molecular formula is C22H22N2O2S. The minimum atomic E-state index is -0.0867. The van der Waals surface area contributed by atoms with Crippen LogP contribution in [0.4, 0.5) is 0 Å². The van der Waals surface area contributed by atoms with Gasteiger partial charge in [-0.25, -0.2) is 4.98 Å². The summed E-state index contributed by atoms with van der Waals surface area (Å²) in [5, 5.41) is 6.14. The highest BCUT2D eigenvalue weighted by molar-refractivity contribution is 7.13. The summed E-state index contributed by atoms with van der Waals surface area (Å²) in [6.45, 7) is 2.01. The van der Waals surface area contributed by atoms with Crippen LogP contribution in [0, 0.1) is 6.92 Å². The number of aryl methyl sites for hydroxylation is 2. The van der Waals surface area contributed by atoms with Crippen molar-refractivity contribution in [1.82, 2.24) is 10.3 Å². The molecule has 4 nitrogen and oxygen atoms in total. The van der Waals surface area contributed by atoms with Gasteiger partial charge in [0.2, 0.25) is 0 Å². The Labute approximate surface area is 163 Å². The second kappa shape index (κ2) is 7.92. The summed E-state index contributed by atoms with van der Waals surface area (Å²) in [6, 6.07) is 16.2. The summed E-state index contributed by atoms with van der Waals surface area (Å²) in [7, 11) is 0. The van der Waals surface area contributed by atoms with Gasteiger partial charge in [0.25, 0.3) is 5.91 Å². The van der Waals surface area contributed by atoms with E-state index >= 15 is 0 Å². The maximum absolute atomic E-state index is 12.3. The molecule has 1 aromatic heterocycles. The average molecular weight is 378 g/mol. The zero-order valence-corrected chi connectivity index (χ0v) is 16.1. The van der Waals surface area contributed by atoms with Gasteiger partial charge in [0.1, 0.15) is 10.8 Å². The third-order valence-electron chi connectivity index (χ3n) is 4.79. The van der Waals surface area contributed by atoms with E-state index in [0.29, 0.717) is 5.75 Å². The molecule has 138 valence electrons. The summed E-state index contributed by atoms with van der Waals surface area (Å²) in [5.41, 5.74) is 4.66. The first-order valence-electron chi connectivity index (χ1n) is 9.21. The highest BCUT2D eigenvalue weighted by Gasteiger charge is 2.21. The fourth-order valence-electron chi connectivity index (χ4n) is 3.47. The Morgan fingerprint density at radius 1 is 1.22 bits per heavy atom. The summed E-state index contributed by atoms with van der Waals surface area (Å²) >= 11 is 1.62. The predicted molar refractivity (Wildman–Crippen MR) is 108 cm³/mol. The Morgan fingerprint density at radius 2 is 2.04 bits per heavy atom. The molecule has 1 atom stereocenters. The van der Waals surface area contributed by atoms with E-state index in [9.17, 15) is 4.79 Å². The average Bonchev–Trinajstić information content (AvgIpc) is 3.13. The Balaban J connectivity index is 1.33. The van der Waals surface area contributed by atoms with Gasteiger partial charge in [-0.05, 0) is 61.6 Å². The fourth-order valence-corrected chi connectivity index (χ4v) is 4.27. The number of aromatic nitrogens is 1. The lowest BCUT2D eigenvalue weighted by Gasteiger charge is -2.26. The van der Waals surface area contributed by atoms with Gasteiger partial charge in [-0.15, -0.1) is 11.3 Å². The minimum Gasteiger partial charge on any atom is -0.484 e. The first-order chi connectivity index (χ1) is 13.2. The lowest BCUT2D eigenvalue weighted by Crippen LogP contribution is -2.34. The molecule has 1 aliphatic carbocycles. The van der Waals surface area contributed by atoms with Crippen molar-refractivity contribution in [2.45, 2.75) is 32.2 Å². The maximum atomic E-state index is 12.3. The van der Waals surface area contributed by atoms with Crippen molar-refractivity contribution in [1.29, 1.82) is 0 Å². The van der Waals surface area contributed by atoms with Crippen molar-refractivity contribution >= 4 is 17.2 Å². The number of fused-ring (bicyclic) bond motifs is 1. The van der Waals surface area contributed by atoms with Gasteiger partial charge in [-0.1, -0.05) is 24.3 Å². The van der Waals surface area contributed by atoms with E-state index in [1.165, 1.54) is 11.1 Å². The van der Waals surface area contributed by atoms with Crippen LogP contribution in [-0.2, 0) is 11.2 Å². The van der Waals surface area contributed by atoms with Crippen molar-refractivity contribution in [3.8, 4) is 16.3 Å². The summed E-state index contributed by atoms with van der Waals surface area (Å²) in [6.07, 6.45) is 3.16. The molecule has 0 radical (unpaired) electrons. The lowest BCUT2D eigenvalue weighted by atomic mass is 9.88. The third kappa shape index (κ3) is 4.19. The van der Waals surface area contributed by atoms with Crippen LogP contribution in [0.5, 0.6) is 5.75 Å². The van der Waals surface area contributed by atoms with E-state index in [4.69, 9.17) is 4.74 Å². The van der Waals surface area contributed by atoms with E-state index < -0.39 is 0 Å². The molecule has 1 aliphatic rings. The van der Waals surface area contributed by atoms with Crippen molar-refractivity contribution in [2.24, 2.45) is 0 Å². The van der Waals surface area contributed by atoms with Gasteiger partial charge in [-0.2, -0.15) is 0 Å². The zero-order valence-electron chi connectivity index (χ0n) is 15.3. The number of hydrogen-bond donors (Lipinski definition) is 1. The van der Waals surface area contributed by atoms with Gasteiger partial charge in [0.05, 0.1) is 6.04 Å². The summed E-state index contributed by atoms with van der Waals surface area (Å²) in [4.78, 5) is 16.8. The number of nitrogens with zero attached hydrogens (tertiary/aromatic N) is 1. The van der Waals surface area contributed by atoms with E-state index in [0.717, 1.165) is 35.5 Å². The molecule has 0 saturated carbocycles. The quantitative estimate of drug-likeness (QED) is 0.701. The largest absolute Gasteiger partial charge is 0.484 e. The molecule has 0 spiro atoms. The molecular weight excluding hydrogens is 356 g/mol. The molecule has 0 bridgehead atoms. The van der Waals surface area contributed by atoms with Crippen LogP contribution >= 0.6 is 11.3 Å². The van der Waals surface area contributed by atoms with Crippen molar-refractivity contribution in [3.63, 3.8) is 0 Å². The summed E-state index contributed by atoms with van der Waals surface area (Å²) < 4.78 is 5.66. The van der Waals surface area contributed by atoms with Gasteiger partial charge in [-0.3, -0.25) is 4.79 Å². The third-order valence-corrected chi connectivity index (χ3v) is 5.80. The molecule has 0 fully saturated rings. The SMILES string of the molecule is Cc1csc(-c2ccc(OCC(=O)N[C@H]3CCCc4ccccc43)cc2)n1. The van der Waals surface area contributed by atoms with Crippen molar-refractivity contribution in [2.75, 3.05) is 6.61 Å². The highest BCUT2D eigenvalue weighted by Crippen LogP contribution is 2.29. The summed E-state index contributed by atoms with van der Waals surface area (Å²) in [5.74, 6) is 0.600. The molecule has 1 N–H and O–H groups in total. The topological polar surface area (TPSA) is 51.2 Å². The predicted octanol–water partition coefficient (Wildman–Crippen LogP) is 4.69. The van der Waals surface area contributed by atoms with Crippen LogP contribution in [0.15, 0.2) is 53.9 Å². The molecule has 5 heteroatoms. The van der Waals surface area contributed by atoms with Crippen LogP contribution < -0.4 is 10.1 Å². The van der Waals surface area contributed by atoms with E-state index in [-0.39, 0.29) is 18.6 Å². The number of amides is 1. The number of nitrogens with one attached hydrogen (secondary N) is 1. The van der Waals surface area contributed by atoms with E-state index in [1.54, 1.807) is 11.3 Å². The second-order valence-electron chi connectivity index (χ2n) is 6.82. The second-order valence-corrected chi connectivity index (χ2v) is 7.68. The van der Waals surface area contributed by atoms with Crippen LogP contribution in [0.1, 0.15) is 35.7 Å². The fraction of sp³-hybridized carbons (Fsp3) is 0.273. The lowest BCUT2D eigenvalue weighted by molar-refractivity contribution is -0.123. The Kier molecular flexibility index (Phi) is 5.21. The number of thiazole rings is 1. The first kappa shape index (κ1) is 17.7. The number of benzene rings is 2. The Morgan fingerprint density at radius 3 is 2.81 bits per heavy atom. The van der Waals surface area contributed by atoms with Crippen LogP contribution in [0.3, 0.4) is 0 Å². The molecule has 27 heavy (non-hydrogen) atoms. The molecule has 3 aromatic rings. The van der Waals surface area contributed by atoms with Gasteiger partial charge < -0.3 is 10.1 Å². The monoisotopic (exact) mass is 378 g/mol. The van der Waals surface area contributed by atoms with Gasteiger partial charge in [0.15, 0.2) is 6.61 Å². The highest BCUT2D eigenvalue weighted by atomic mass is 32.1. The molecule has 0 saturated heterocycles. The van der Waals surface area contributed by atoms with Crippen LogP contribution in [-0.4, -0.2) is 17.5 Å². The van der Waals surface area contributed by atoms with E-state index in [1.807, 2.05) is 42.6 Å². The number of hydrogen-bond acceptors (Lipinski definition) is 4. The standard InChI is InChI=1S/C22H22N2O2S/c1-15-14-27-22(23-15)17-9-11-18(12-10-17)26-13-21(25)24-20-8-4-6-16-5-2-3-7-19(16)20/h2-3,5,7,9-12,14,20H,4,6,8,13H2,1H3,(H,24,25)/t20-/m0/s1. The number of ether oxygens (including phenoxy) is 1. The molecule has 2 aromatic carbocycles. The number of carbonyl (C=O) groups is 1. The molecule has 0 aliphatic heterocycles. The number of carbonyl (C=O) groups excluding carboxylic acids is 1. The Bertz CT molecular complexity index is 933. The zero-order chi connectivity index (χ0) is 18.6.